The van der Waals surface area contributed by atoms with Gasteiger partial charge in [-0.3, -0.25) is 4.79 Å². The molecule has 1 heterocycles. The fraction of sp³-hybridized carbons (Fsp3) is 0.533. The largest absolute Gasteiger partial charge is 0.391 e. The van der Waals surface area contributed by atoms with E-state index in [9.17, 15) is 14.3 Å². The number of hydrogen-bond donors (Lipinski definition) is 1. The second-order valence-electron chi connectivity index (χ2n) is 5.25. The number of hydrogen-bond acceptors (Lipinski definition) is 3. The molecule has 1 amide bonds. The van der Waals surface area contributed by atoms with Crippen molar-refractivity contribution in [3.63, 3.8) is 0 Å². The van der Waals surface area contributed by atoms with Crippen LogP contribution in [0.5, 0.6) is 0 Å². The monoisotopic (exact) mass is 297 g/mol. The molecule has 0 aliphatic carbocycles. The van der Waals surface area contributed by atoms with Crippen molar-refractivity contribution in [3.05, 3.63) is 30.1 Å². The van der Waals surface area contributed by atoms with Gasteiger partial charge >= 0.3 is 0 Å². The standard InChI is InChI=1S/C15H20FNO2S/c1-11(10-20-14-6-4-12(16)5-7-14)15(19)17-8-2-3-13(18)9-17/h4-7,11,13,18H,2-3,8-10H2,1H3. The lowest BCUT2D eigenvalue weighted by atomic mass is 10.1. The van der Waals surface area contributed by atoms with Crippen LogP contribution in [0.3, 0.4) is 0 Å². The van der Waals surface area contributed by atoms with E-state index in [0.29, 0.717) is 12.3 Å². The summed E-state index contributed by atoms with van der Waals surface area (Å²) < 4.78 is 12.8. The van der Waals surface area contributed by atoms with Gasteiger partial charge in [-0.15, -0.1) is 11.8 Å². The van der Waals surface area contributed by atoms with Crippen LogP contribution in [-0.4, -0.2) is 40.9 Å². The molecule has 1 aromatic rings. The fourth-order valence-electron chi connectivity index (χ4n) is 2.29. The molecule has 2 rings (SSSR count). The number of halogens is 1. The zero-order valence-corrected chi connectivity index (χ0v) is 12.4. The van der Waals surface area contributed by atoms with Crippen molar-refractivity contribution >= 4 is 17.7 Å². The molecule has 0 saturated carbocycles. The van der Waals surface area contributed by atoms with Crippen LogP contribution in [0.2, 0.25) is 0 Å². The summed E-state index contributed by atoms with van der Waals surface area (Å²) in [7, 11) is 0. The first kappa shape index (κ1) is 15.3. The molecule has 1 saturated heterocycles. The van der Waals surface area contributed by atoms with E-state index in [1.165, 1.54) is 12.1 Å². The molecular weight excluding hydrogens is 277 g/mol. The maximum atomic E-state index is 12.8. The molecule has 1 aromatic carbocycles. The van der Waals surface area contributed by atoms with Crippen molar-refractivity contribution in [2.24, 2.45) is 5.92 Å². The Hall–Kier alpha value is -1.07. The number of likely N-dealkylation sites (tertiary alicyclic amines) is 1. The van der Waals surface area contributed by atoms with Gasteiger partial charge in [0, 0.05) is 29.7 Å². The van der Waals surface area contributed by atoms with E-state index in [-0.39, 0.29) is 23.7 Å². The summed E-state index contributed by atoms with van der Waals surface area (Å²) in [5.41, 5.74) is 0. The molecule has 0 bridgehead atoms. The van der Waals surface area contributed by atoms with E-state index < -0.39 is 0 Å². The van der Waals surface area contributed by atoms with Crippen molar-refractivity contribution in [1.82, 2.24) is 4.90 Å². The summed E-state index contributed by atoms with van der Waals surface area (Å²) in [6, 6.07) is 6.30. The van der Waals surface area contributed by atoms with Crippen molar-refractivity contribution in [1.29, 1.82) is 0 Å². The van der Waals surface area contributed by atoms with Crippen molar-refractivity contribution in [3.8, 4) is 0 Å². The van der Waals surface area contributed by atoms with Gasteiger partial charge in [-0.1, -0.05) is 6.92 Å². The lowest BCUT2D eigenvalue weighted by molar-refractivity contribution is -0.137. The summed E-state index contributed by atoms with van der Waals surface area (Å²) in [5, 5.41) is 9.61. The Bertz CT molecular complexity index is 452. The molecule has 2 atom stereocenters. The molecule has 1 aliphatic rings. The Morgan fingerprint density at radius 2 is 2.20 bits per heavy atom. The van der Waals surface area contributed by atoms with Gasteiger partial charge in [0.15, 0.2) is 0 Å². The molecule has 1 N–H and O–H groups in total. The quantitative estimate of drug-likeness (QED) is 0.868. The molecule has 20 heavy (non-hydrogen) atoms. The molecule has 3 nitrogen and oxygen atoms in total. The van der Waals surface area contributed by atoms with E-state index in [1.54, 1.807) is 28.8 Å². The van der Waals surface area contributed by atoms with Crippen LogP contribution < -0.4 is 0 Å². The summed E-state index contributed by atoms with van der Waals surface area (Å²) in [4.78, 5) is 15.0. The van der Waals surface area contributed by atoms with Gasteiger partial charge < -0.3 is 10.0 Å². The van der Waals surface area contributed by atoms with Gasteiger partial charge in [-0.05, 0) is 37.1 Å². The topological polar surface area (TPSA) is 40.5 Å². The number of thioether (sulfide) groups is 1. The summed E-state index contributed by atoms with van der Waals surface area (Å²) in [5.74, 6) is 0.409. The summed E-state index contributed by atoms with van der Waals surface area (Å²) in [6.07, 6.45) is 1.26. The zero-order valence-electron chi connectivity index (χ0n) is 11.6. The van der Waals surface area contributed by atoms with Crippen LogP contribution >= 0.6 is 11.8 Å². The number of benzene rings is 1. The highest BCUT2D eigenvalue weighted by atomic mass is 32.2. The molecule has 0 aromatic heterocycles. The molecule has 1 aliphatic heterocycles. The third-order valence-electron chi connectivity index (χ3n) is 3.44. The normalized spacial score (nSPS) is 20.8. The Balaban J connectivity index is 1.83. The average molecular weight is 297 g/mol. The number of nitrogens with zero attached hydrogens (tertiary/aromatic N) is 1. The van der Waals surface area contributed by atoms with Crippen LogP contribution in [0.25, 0.3) is 0 Å². The number of carbonyl (C=O) groups excluding carboxylic acids is 1. The summed E-state index contributed by atoms with van der Waals surface area (Å²) >= 11 is 1.55. The molecule has 2 unspecified atom stereocenters. The molecule has 0 radical (unpaired) electrons. The SMILES string of the molecule is CC(CSc1ccc(F)cc1)C(=O)N1CCCC(O)C1. The van der Waals surface area contributed by atoms with Gasteiger partial charge in [-0.2, -0.15) is 0 Å². The second kappa shape index (κ2) is 7.09. The first-order chi connectivity index (χ1) is 9.56. The number of aliphatic hydroxyl groups is 1. The van der Waals surface area contributed by atoms with Crippen molar-refractivity contribution in [2.75, 3.05) is 18.8 Å². The smallest absolute Gasteiger partial charge is 0.226 e. The minimum atomic E-state index is -0.385. The third-order valence-corrected chi connectivity index (χ3v) is 4.72. The first-order valence-electron chi connectivity index (χ1n) is 6.91. The molecule has 110 valence electrons. The van der Waals surface area contributed by atoms with Gasteiger partial charge in [0.1, 0.15) is 5.82 Å². The fourth-order valence-corrected chi connectivity index (χ4v) is 3.20. The van der Waals surface area contributed by atoms with Crippen LogP contribution in [0.15, 0.2) is 29.2 Å². The van der Waals surface area contributed by atoms with Gasteiger partial charge in [0.2, 0.25) is 5.91 Å². The number of amides is 1. The highest BCUT2D eigenvalue weighted by Crippen LogP contribution is 2.22. The second-order valence-corrected chi connectivity index (χ2v) is 6.34. The minimum absolute atomic E-state index is 0.0957. The Morgan fingerprint density at radius 3 is 2.85 bits per heavy atom. The van der Waals surface area contributed by atoms with E-state index in [0.717, 1.165) is 24.3 Å². The number of aliphatic hydroxyl groups excluding tert-OH is 1. The van der Waals surface area contributed by atoms with Gasteiger partial charge in [-0.25, -0.2) is 4.39 Å². The average Bonchev–Trinajstić information content (AvgIpc) is 2.45. The van der Waals surface area contributed by atoms with E-state index in [2.05, 4.69) is 0 Å². The van der Waals surface area contributed by atoms with Crippen LogP contribution in [0.1, 0.15) is 19.8 Å². The molecule has 0 spiro atoms. The number of piperidine rings is 1. The van der Waals surface area contributed by atoms with Crippen LogP contribution in [0, 0.1) is 11.7 Å². The lowest BCUT2D eigenvalue weighted by Crippen LogP contribution is -2.44. The molecule has 1 fully saturated rings. The maximum absolute atomic E-state index is 12.8. The number of rotatable bonds is 4. The Morgan fingerprint density at radius 1 is 1.50 bits per heavy atom. The van der Waals surface area contributed by atoms with Crippen molar-refractivity contribution in [2.45, 2.75) is 30.8 Å². The molecule has 5 heteroatoms. The highest BCUT2D eigenvalue weighted by molar-refractivity contribution is 7.99. The van der Waals surface area contributed by atoms with E-state index in [1.807, 2.05) is 6.92 Å². The Kier molecular flexibility index (Phi) is 5.43. The number of carbonyl (C=O) groups is 1. The van der Waals surface area contributed by atoms with Crippen molar-refractivity contribution < 1.29 is 14.3 Å². The lowest BCUT2D eigenvalue weighted by Gasteiger charge is -2.32. The predicted octanol–water partition coefficient (Wildman–Crippen LogP) is 2.54. The third kappa shape index (κ3) is 4.21. The summed E-state index contributed by atoms with van der Waals surface area (Å²) in [6.45, 7) is 3.09. The van der Waals surface area contributed by atoms with Crippen LogP contribution in [-0.2, 0) is 4.79 Å². The molecular formula is C15H20FNO2S. The maximum Gasteiger partial charge on any atom is 0.226 e. The minimum Gasteiger partial charge on any atom is -0.391 e. The Labute approximate surface area is 123 Å². The zero-order chi connectivity index (χ0) is 14.5. The van der Waals surface area contributed by atoms with E-state index in [4.69, 9.17) is 0 Å². The van der Waals surface area contributed by atoms with E-state index >= 15 is 0 Å². The van der Waals surface area contributed by atoms with Gasteiger partial charge in [0.25, 0.3) is 0 Å². The highest BCUT2D eigenvalue weighted by Gasteiger charge is 2.25. The number of β-amino-alcohol motifs (C(OH)–C–C–N with tert-alkyl or cyclic N) is 1. The predicted molar refractivity (Wildman–Crippen MR) is 78.1 cm³/mol. The van der Waals surface area contributed by atoms with Gasteiger partial charge in [0.05, 0.1) is 6.10 Å². The van der Waals surface area contributed by atoms with Crippen LogP contribution in [0.4, 0.5) is 4.39 Å². The first-order valence-corrected chi connectivity index (χ1v) is 7.90.